The number of amides is 2. The van der Waals surface area contributed by atoms with E-state index in [1.54, 1.807) is 29.3 Å². The Kier molecular flexibility index (Phi) is 6.85. The zero-order valence-corrected chi connectivity index (χ0v) is 20.9. The SMILES string of the molecule is CCCOc1ccc([C@H]2[C@@H]3C(=O)N(c4ccccc4Cl)C(=O)[C@H]3ON2c2ccccc2)cc1OCC. The molecule has 5 rings (SSSR count). The third kappa shape index (κ3) is 4.18. The standard InChI is InChI=1S/C28H27ClN2O5/c1-3-16-35-22-15-14-18(17-23(22)34-4-2)25-24-26(36-31(25)19-10-6-5-7-11-19)28(33)30(27(24)32)21-13-9-8-12-20(21)29/h5-15,17,24-26H,3-4,16H2,1-2H3/t24-,25-,26-/m0/s1. The first-order valence-electron chi connectivity index (χ1n) is 12.1. The number of hydroxylamine groups is 1. The summed E-state index contributed by atoms with van der Waals surface area (Å²) in [6, 6.07) is 21.3. The first-order valence-corrected chi connectivity index (χ1v) is 12.5. The number of carbonyl (C=O) groups excluding carboxylic acids is 2. The number of carbonyl (C=O) groups is 2. The van der Waals surface area contributed by atoms with Crippen molar-refractivity contribution in [1.82, 2.24) is 0 Å². The summed E-state index contributed by atoms with van der Waals surface area (Å²) < 4.78 is 11.7. The van der Waals surface area contributed by atoms with Gasteiger partial charge in [-0.1, -0.05) is 54.9 Å². The Morgan fingerprint density at radius 1 is 0.889 bits per heavy atom. The molecule has 0 N–H and O–H groups in total. The molecule has 186 valence electrons. The molecular formula is C28H27ClN2O5. The van der Waals surface area contributed by atoms with Gasteiger partial charge in [-0.25, -0.2) is 9.96 Å². The van der Waals surface area contributed by atoms with Crippen LogP contribution in [0.15, 0.2) is 72.8 Å². The fraction of sp³-hybridized carbons (Fsp3) is 0.286. The van der Waals surface area contributed by atoms with Crippen molar-refractivity contribution in [3.8, 4) is 11.5 Å². The van der Waals surface area contributed by atoms with Crippen LogP contribution in [0.4, 0.5) is 11.4 Å². The van der Waals surface area contributed by atoms with Gasteiger partial charge >= 0.3 is 0 Å². The predicted octanol–water partition coefficient (Wildman–Crippen LogP) is 5.58. The molecule has 0 aliphatic carbocycles. The van der Waals surface area contributed by atoms with E-state index in [1.165, 1.54) is 0 Å². The number of ether oxygens (including phenoxy) is 2. The summed E-state index contributed by atoms with van der Waals surface area (Å²) in [5.41, 5.74) is 1.88. The smallest absolute Gasteiger partial charge is 0.266 e. The van der Waals surface area contributed by atoms with E-state index in [-0.39, 0.29) is 5.91 Å². The molecule has 2 fully saturated rings. The van der Waals surface area contributed by atoms with Crippen molar-refractivity contribution in [1.29, 1.82) is 0 Å². The third-order valence-corrected chi connectivity index (χ3v) is 6.61. The molecule has 2 aliphatic rings. The van der Waals surface area contributed by atoms with Gasteiger partial charge in [0.05, 0.1) is 35.7 Å². The monoisotopic (exact) mass is 506 g/mol. The second-order valence-electron chi connectivity index (χ2n) is 8.61. The van der Waals surface area contributed by atoms with Gasteiger partial charge in [-0.2, -0.15) is 0 Å². The summed E-state index contributed by atoms with van der Waals surface area (Å²) in [5.74, 6) is -0.346. The lowest BCUT2D eigenvalue weighted by atomic mass is 9.90. The van der Waals surface area contributed by atoms with Crippen LogP contribution < -0.4 is 19.4 Å². The highest BCUT2D eigenvalue weighted by Gasteiger charge is 2.60. The van der Waals surface area contributed by atoms with Gasteiger partial charge in [0.2, 0.25) is 5.91 Å². The highest BCUT2D eigenvalue weighted by molar-refractivity contribution is 6.36. The molecule has 2 aliphatic heterocycles. The fourth-order valence-electron chi connectivity index (χ4n) is 4.73. The van der Waals surface area contributed by atoms with Crippen LogP contribution in [0.5, 0.6) is 11.5 Å². The first kappa shape index (κ1) is 24.2. The highest BCUT2D eigenvalue weighted by atomic mass is 35.5. The molecule has 3 aromatic rings. The Morgan fingerprint density at radius 2 is 1.64 bits per heavy atom. The molecule has 0 aromatic heterocycles. The summed E-state index contributed by atoms with van der Waals surface area (Å²) in [6.45, 7) is 4.96. The molecule has 2 saturated heterocycles. The van der Waals surface area contributed by atoms with E-state index in [1.807, 2.05) is 62.4 Å². The number of hydrogen-bond acceptors (Lipinski definition) is 6. The lowest BCUT2D eigenvalue weighted by molar-refractivity contribution is -0.126. The van der Waals surface area contributed by atoms with E-state index in [4.69, 9.17) is 25.9 Å². The van der Waals surface area contributed by atoms with E-state index in [0.29, 0.717) is 35.4 Å². The van der Waals surface area contributed by atoms with Gasteiger partial charge in [0.15, 0.2) is 17.6 Å². The minimum Gasteiger partial charge on any atom is -0.490 e. The van der Waals surface area contributed by atoms with Gasteiger partial charge in [-0.05, 0) is 55.3 Å². The summed E-state index contributed by atoms with van der Waals surface area (Å²) in [7, 11) is 0. The van der Waals surface area contributed by atoms with Crippen LogP contribution >= 0.6 is 11.6 Å². The van der Waals surface area contributed by atoms with Crippen molar-refractivity contribution < 1.29 is 23.9 Å². The largest absolute Gasteiger partial charge is 0.490 e. The number of imide groups is 1. The molecule has 0 saturated carbocycles. The van der Waals surface area contributed by atoms with Crippen LogP contribution in [0.3, 0.4) is 0 Å². The molecule has 3 atom stereocenters. The van der Waals surface area contributed by atoms with Gasteiger partial charge in [-0.15, -0.1) is 0 Å². The average Bonchev–Trinajstić information content (AvgIpc) is 3.40. The maximum Gasteiger partial charge on any atom is 0.266 e. The van der Waals surface area contributed by atoms with Crippen molar-refractivity contribution in [3.63, 3.8) is 0 Å². The van der Waals surface area contributed by atoms with E-state index < -0.39 is 24.0 Å². The number of benzene rings is 3. The van der Waals surface area contributed by atoms with Crippen molar-refractivity contribution in [3.05, 3.63) is 83.4 Å². The summed E-state index contributed by atoms with van der Waals surface area (Å²) in [5, 5.41) is 1.99. The fourth-order valence-corrected chi connectivity index (χ4v) is 4.95. The van der Waals surface area contributed by atoms with Gasteiger partial charge in [0, 0.05) is 0 Å². The summed E-state index contributed by atoms with van der Waals surface area (Å²) in [6.07, 6.45) is -0.116. The lowest BCUT2D eigenvalue weighted by Gasteiger charge is -2.29. The van der Waals surface area contributed by atoms with Crippen LogP contribution in [0, 0.1) is 5.92 Å². The zero-order chi connectivity index (χ0) is 25.2. The first-order chi connectivity index (χ1) is 17.5. The molecule has 3 aromatic carbocycles. The van der Waals surface area contributed by atoms with Crippen molar-refractivity contribution >= 4 is 34.8 Å². The molecule has 8 heteroatoms. The summed E-state index contributed by atoms with van der Waals surface area (Å²) in [4.78, 5) is 34.7. The third-order valence-electron chi connectivity index (χ3n) is 6.29. The number of rotatable bonds is 8. The Balaban J connectivity index is 1.59. The number of halogens is 1. The average molecular weight is 507 g/mol. The molecule has 2 amide bonds. The quantitative estimate of drug-likeness (QED) is 0.372. The Labute approximate surface area is 215 Å². The molecule has 0 bridgehead atoms. The Morgan fingerprint density at radius 3 is 2.36 bits per heavy atom. The molecule has 2 heterocycles. The normalized spacial score (nSPS) is 21.1. The molecular weight excluding hydrogens is 480 g/mol. The van der Waals surface area contributed by atoms with Crippen molar-refractivity contribution in [2.45, 2.75) is 32.4 Å². The van der Waals surface area contributed by atoms with Crippen LogP contribution in [0.25, 0.3) is 0 Å². The number of anilines is 2. The maximum atomic E-state index is 13.8. The Bertz CT molecular complexity index is 1270. The van der Waals surface area contributed by atoms with Gasteiger partial charge in [0.1, 0.15) is 5.92 Å². The minimum atomic E-state index is -0.981. The summed E-state index contributed by atoms with van der Waals surface area (Å²) >= 11 is 6.36. The molecule has 7 nitrogen and oxygen atoms in total. The van der Waals surface area contributed by atoms with E-state index >= 15 is 0 Å². The van der Waals surface area contributed by atoms with E-state index in [0.717, 1.165) is 22.6 Å². The van der Waals surface area contributed by atoms with Crippen LogP contribution in [-0.2, 0) is 14.4 Å². The predicted molar refractivity (Wildman–Crippen MR) is 137 cm³/mol. The van der Waals surface area contributed by atoms with Gasteiger partial charge in [0.25, 0.3) is 5.91 Å². The van der Waals surface area contributed by atoms with Crippen LogP contribution in [-0.4, -0.2) is 31.1 Å². The Hall–Kier alpha value is -3.55. The second kappa shape index (κ2) is 10.2. The number of nitrogens with zero attached hydrogens (tertiary/aromatic N) is 2. The second-order valence-corrected chi connectivity index (χ2v) is 9.02. The zero-order valence-electron chi connectivity index (χ0n) is 20.1. The minimum absolute atomic E-state index is 0.326. The molecule has 0 radical (unpaired) electrons. The van der Waals surface area contributed by atoms with Crippen LogP contribution in [0.2, 0.25) is 5.02 Å². The lowest BCUT2D eigenvalue weighted by Crippen LogP contribution is -2.37. The molecule has 0 spiro atoms. The molecule has 36 heavy (non-hydrogen) atoms. The van der Waals surface area contributed by atoms with Crippen LogP contribution in [0.1, 0.15) is 31.9 Å². The van der Waals surface area contributed by atoms with E-state index in [2.05, 4.69) is 0 Å². The number of fused-ring (bicyclic) bond motifs is 1. The number of para-hydroxylation sites is 2. The maximum absolute atomic E-state index is 13.8. The highest BCUT2D eigenvalue weighted by Crippen LogP contribution is 2.49. The van der Waals surface area contributed by atoms with Crippen molar-refractivity contribution in [2.75, 3.05) is 23.2 Å². The number of hydrogen-bond donors (Lipinski definition) is 0. The van der Waals surface area contributed by atoms with Gasteiger partial charge < -0.3 is 9.47 Å². The molecule has 0 unspecified atom stereocenters. The van der Waals surface area contributed by atoms with Crippen molar-refractivity contribution in [2.24, 2.45) is 5.92 Å². The van der Waals surface area contributed by atoms with Gasteiger partial charge in [-0.3, -0.25) is 14.4 Å². The topological polar surface area (TPSA) is 68.3 Å². The van der Waals surface area contributed by atoms with E-state index in [9.17, 15) is 9.59 Å².